The van der Waals surface area contributed by atoms with Crippen molar-refractivity contribution in [2.24, 2.45) is 0 Å². The van der Waals surface area contributed by atoms with E-state index in [0.717, 1.165) is 11.4 Å². The molecule has 0 bridgehead atoms. The summed E-state index contributed by atoms with van der Waals surface area (Å²) >= 11 is 5.86. The molecule has 6 heteroatoms. The first-order valence-electron chi connectivity index (χ1n) is 5.39. The SMILES string of the molecule is CN(C)c1ccccc1Nc1ncnc(Cl)c1N. The van der Waals surface area contributed by atoms with Crippen LogP contribution in [0.2, 0.25) is 5.15 Å². The van der Waals surface area contributed by atoms with Crippen LogP contribution in [-0.2, 0) is 0 Å². The van der Waals surface area contributed by atoms with Crippen LogP contribution in [0.25, 0.3) is 0 Å². The van der Waals surface area contributed by atoms with E-state index in [1.165, 1.54) is 6.33 Å². The van der Waals surface area contributed by atoms with Gasteiger partial charge in [-0.2, -0.15) is 0 Å². The van der Waals surface area contributed by atoms with Crippen LogP contribution < -0.4 is 16.0 Å². The second-order valence-corrected chi connectivity index (χ2v) is 4.32. The second-order valence-electron chi connectivity index (χ2n) is 3.96. The quantitative estimate of drug-likeness (QED) is 0.833. The molecule has 5 nitrogen and oxygen atoms in total. The van der Waals surface area contributed by atoms with Gasteiger partial charge in [-0.15, -0.1) is 0 Å². The van der Waals surface area contributed by atoms with Crippen molar-refractivity contribution in [3.05, 3.63) is 35.7 Å². The highest BCUT2D eigenvalue weighted by Gasteiger charge is 2.09. The van der Waals surface area contributed by atoms with Crippen molar-refractivity contribution in [2.75, 3.05) is 30.0 Å². The Morgan fingerprint density at radius 2 is 1.94 bits per heavy atom. The van der Waals surface area contributed by atoms with Crippen LogP contribution in [0.5, 0.6) is 0 Å². The van der Waals surface area contributed by atoms with Crippen molar-refractivity contribution in [3.63, 3.8) is 0 Å². The lowest BCUT2D eigenvalue weighted by Gasteiger charge is -2.18. The Bertz CT molecular complexity index is 556. The van der Waals surface area contributed by atoms with Gasteiger partial charge in [0.2, 0.25) is 0 Å². The molecule has 1 aromatic carbocycles. The molecule has 2 aromatic rings. The molecule has 0 fully saturated rings. The largest absolute Gasteiger partial charge is 0.393 e. The lowest BCUT2D eigenvalue weighted by molar-refractivity contribution is 1.13. The van der Waals surface area contributed by atoms with Gasteiger partial charge in [0.15, 0.2) is 11.0 Å². The van der Waals surface area contributed by atoms with Gasteiger partial charge in [-0.05, 0) is 12.1 Å². The number of nitrogen functional groups attached to an aromatic ring is 1. The molecule has 1 heterocycles. The number of hydrogen-bond donors (Lipinski definition) is 2. The highest BCUT2D eigenvalue weighted by atomic mass is 35.5. The summed E-state index contributed by atoms with van der Waals surface area (Å²) in [7, 11) is 3.94. The predicted octanol–water partition coefficient (Wildman–Crippen LogP) is 2.52. The fraction of sp³-hybridized carbons (Fsp3) is 0.167. The first kappa shape index (κ1) is 12.4. The van der Waals surface area contributed by atoms with Crippen molar-refractivity contribution in [1.82, 2.24) is 9.97 Å². The third-order valence-electron chi connectivity index (χ3n) is 2.47. The number of hydrogen-bond acceptors (Lipinski definition) is 5. The van der Waals surface area contributed by atoms with E-state index in [1.54, 1.807) is 0 Å². The van der Waals surface area contributed by atoms with Crippen LogP contribution in [-0.4, -0.2) is 24.1 Å². The maximum atomic E-state index is 5.86. The first-order valence-corrected chi connectivity index (χ1v) is 5.76. The minimum Gasteiger partial charge on any atom is -0.393 e. The van der Waals surface area contributed by atoms with E-state index in [1.807, 2.05) is 43.3 Å². The highest BCUT2D eigenvalue weighted by Crippen LogP contribution is 2.30. The summed E-state index contributed by atoms with van der Waals surface area (Å²) in [6.45, 7) is 0. The van der Waals surface area contributed by atoms with Gasteiger partial charge < -0.3 is 16.0 Å². The molecule has 1 aromatic heterocycles. The third-order valence-corrected chi connectivity index (χ3v) is 2.78. The van der Waals surface area contributed by atoms with E-state index in [4.69, 9.17) is 17.3 Å². The summed E-state index contributed by atoms with van der Waals surface area (Å²) in [6.07, 6.45) is 1.37. The monoisotopic (exact) mass is 263 g/mol. The number of nitrogens with two attached hydrogens (primary N) is 1. The van der Waals surface area contributed by atoms with Gasteiger partial charge in [-0.3, -0.25) is 0 Å². The molecule has 0 spiro atoms. The predicted molar refractivity (Wildman–Crippen MR) is 75.5 cm³/mol. The Balaban J connectivity index is 2.37. The lowest BCUT2D eigenvalue weighted by Crippen LogP contribution is -2.11. The maximum absolute atomic E-state index is 5.86. The molecule has 0 atom stereocenters. The van der Waals surface area contributed by atoms with Crippen molar-refractivity contribution < 1.29 is 0 Å². The maximum Gasteiger partial charge on any atom is 0.158 e. The molecule has 0 radical (unpaired) electrons. The summed E-state index contributed by atoms with van der Waals surface area (Å²) in [6, 6.07) is 7.86. The first-order chi connectivity index (χ1) is 8.59. The van der Waals surface area contributed by atoms with Crippen LogP contribution >= 0.6 is 11.6 Å². The van der Waals surface area contributed by atoms with Crippen molar-refractivity contribution in [1.29, 1.82) is 0 Å². The molecule has 0 unspecified atom stereocenters. The molecular weight excluding hydrogens is 250 g/mol. The van der Waals surface area contributed by atoms with Gasteiger partial charge in [0.25, 0.3) is 0 Å². The fourth-order valence-corrected chi connectivity index (χ4v) is 1.70. The topological polar surface area (TPSA) is 67.1 Å². The molecule has 94 valence electrons. The number of halogens is 1. The molecule has 0 saturated heterocycles. The zero-order valence-electron chi connectivity index (χ0n) is 10.2. The average Bonchev–Trinajstić information content (AvgIpc) is 2.35. The van der Waals surface area contributed by atoms with Crippen LogP contribution in [0.15, 0.2) is 30.6 Å². The Kier molecular flexibility index (Phi) is 3.53. The Morgan fingerprint density at radius 1 is 1.22 bits per heavy atom. The average molecular weight is 264 g/mol. The van der Waals surface area contributed by atoms with Gasteiger partial charge in [0.1, 0.15) is 12.0 Å². The summed E-state index contributed by atoms with van der Waals surface area (Å²) < 4.78 is 0. The lowest BCUT2D eigenvalue weighted by atomic mass is 10.2. The van der Waals surface area contributed by atoms with Crippen molar-refractivity contribution >= 4 is 34.5 Å². The van der Waals surface area contributed by atoms with Crippen LogP contribution in [0.1, 0.15) is 0 Å². The van der Waals surface area contributed by atoms with Gasteiger partial charge in [-0.1, -0.05) is 23.7 Å². The summed E-state index contributed by atoms with van der Waals surface area (Å²) in [5, 5.41) is 3.41. The Hall–Kier alpha value is -2.01. The number of rotatable bonds is 3. The van der Waals surface area contributed by atoms with E-state index in [2.05, 4.69) is 15.3 Å². The van der Waals surface area contributed by atoms with E-state index in [-0.39, 0.29) is 5.15 Å². The van der Waals surface area contributed by atoms with Gasteiger partial charge in [0.05, 0.1) is 11.4 Å². The molecule has 0 aliphatic heterocycles. The molecule has 0 aliphatic carbocycles. The summed E-state index contributed by atoms with van der Waals surface area (Å²) in [5.41, 5.74) is 8.10. The second kappa shape index (κ2) is 5.10. The standard InChI is InChI=1S/C12H14ClN5/c1-18(2)9-6-4-3-5-8(9)17-12-10(14)11(13)15-7-16-12/h3-7H,14H2,1-2H3,(H,15,16,17). The van der Waals surface area contributed by atoms with Crippen LogP contribution in [0, 0.1) is 0 Å². The normalized spacial score (nSPS) is 10.2. The zero-order chi connectivity index (χ0) is 13.1. The Labute approximate surface area is 111 Å². The molecule has 0 saturated carbocycles. The number of aromatic nitrogens is 2. The number of nitrogens with one attached hydrogen (secondary N) is 1. The molecule has 0 aliphatic rings. The fourth-order valence-electron chi connectivity index (χ4n) is 1.57. The summed E-state index contributed by atoms with van der Waals surface area (Å²) in [4.78, 5) is 9.90. The Morgan fingerprint density at radius 3 is 2.67 bits per heavy atom. The smallest absolute Gasteiger partial charge is 0.158 e. The summed E-state index contributed by atoms with van der Waals surface area (Å²) in [5.74, 6) is 0.504. The molecule has 3 N–H and O–H groups in total. The van der Waals surface area contributed by atoms with Gasteiger partial charge in [0, 0.05) is 14.1 Å². The van der Waals surface area contributed by atoms with E-state index in [0.29, 0.717) is 11.5 Å². The van der Waals surface area contributed by atoms with Gasteiger partial charge in [-0.25, -0.2) is 9.97 Å². The van der Waals surface area contributed by atoms with Crippen LogP contribution in [0.4, 0.5) is 22.9 Å². The van der Waals surface area contributed by atoms with E-state index in [9.17, 15) is 0 Å². The molecule has 18 heavy (non-hydrogen) atoms. The van der Waals surface area contributed by atoms with Crippen LogP contribution in [0.3, 0.4) is 0 Å². The molecule has 2 rings (SSSR count). The highest BCUT2D eigenvalue weighted by molar-refractivity contribution is 6.32. The number of nitrogens with zero attached hydrogens (tertiary/aromatic N) is 3. The minimum atomic E-state index is 0.245. The van der Waals surface area contributed by atoms with Crippen molar-refractivity contribution in [3.8, 4) is 0 Å². The number of anilines is 4. The molecular formula is C12H14ClN5. The molecule has 0 amide bonds. The minimum absolute atomic E-state index is 0.245. The zero-order valence-corrected chi connectivity index (χ0v) is 10.9. The van der Waals surface area contributed by atoms with E-state index < -0.39 is 0 Å². The number of benzene rings is 1. The van der Waals surface area contributed by atoms with Crippen molar-refractivity contribution in [2.45, 2.75) is 0 Å². The van der Waals surface area contributed by atoms with E-state index >= 15 is 0 Å². The number of para-hydroxylation sites is 2. The third kappa shape index (κ3) is 2.46. The van der Waals surface area contributed by atoms with Gasteiger partial charge >= 0.3 is 0 Å².